The van der Waals surface area contributed by atoms with Crippen molar-refractivity contribution in [3.8, 4) is 0 Å². The Hall–Kier alpha value is -3.19. The van der Waals surface area contributed by atoms with E-state index in [0.29, 0.717) is 50.9 Å². The molecule has 3 amide bonds. The van der Waals surface area contributed by atoms with Crippen LogP contribution in [0, 0.1) is 0 Å². The second-order valence-electron chi connectivity index (χ2n) is 9.79. The number of rotatable bonds is 8. The second-order valence-corrected chi connectivity index (χ2v) is 9.79. The fraction of sp³-hybridized carbons (Fsp3) is 0.500. The molecule has 1 aromatic heterocycles. The quantitative estimate of drug-likeness (QED) is 0.443. The zero-order valence-corrected chi connectivity index (χ0v) is 21.3. The Balaban J connectivity index is 1.33. The SMILES string of the molecule is CC(F)(F)C(ON)[C@@H](N)c1ccc(C(=O)NC[C@H]2COCCN2C(=O)N2CCC(c3cccnc3)C2)cc1. The maximum atomic E-state index is 13.7. The first-order valence-corrected chi connectivity index (χ1v) is 12.6. The lowest BCUT2D eigenvalue weighted by Gasteiger charge is -2.38. The van der Waals surface area contributed by atoms with Crippen molar-refractivity contribution in [1.82, 2.24) is 20.1 Å². The molecular formula is C26H34F2N6O4. The molecule has 4 rings (SSSR count). The molecule has 0 radical (unpaired) electrons. The number of urea groups is 1. The van der Waals surface area contributed by atoms with Crippen molar-refractivity contribution in [2.45, 2.75) is 43.4 Å². The van der Waals surface area contributed by atoms with Crippen LogP contribution in [-0.4, -0.2) is 84.2 Å². The van der Waals surface area contributed by atoms with Gasteiger partial charge in [0.05, 0.1) is 25.3 Å². The number of carbonyl (C=O) groups excluding carboxylic acids is 2. The summed E-state index contributed by atoms with van der Waals surface area (Å²) in [6, 6.07) is 8.33. The van der Waals surface area contributed by atoms with Gasteiger partial charge in [0.15, 0.2) is 6.10 Å². The number of nitrogens with zero attached hydrogens (tertiary/aromatic N) is 3. The Morgan fingerprint density at radius 1 is 1.26 bits per heavy atom. The van der Waals surface area contributed by atoms with Gasteiger partial charge in [0.2, 0.25) is 0 Å². The summed E-state index contributed by atoms with van der Waals surface area (Å²) in [4.78, 5) is 38.3. The van der Waals surface area contributed by atoms with Crippen LogP contribution in [0.15, 0.2) is 48.8 Å². The largest absolute Gasteiger partial charge is 0.377 e. The minimum atomic E-state index is -3.25. The van der Waals surface area contributed by atoms with Crippen LogP contribution in [0.2, 0.25) is 0 Å². The Morgan fingerprint density at radius 3 is 2.68 bits per heavy atom. The molecule has 2 saturated heterocycles. The first-order chi connectivity index (χ1) is 18.2. The van der Waals surface area contributed by atoms with Gasteiger partial charge in [-0.05, 0) is 35.7 Å². The molecule has 0 spiro atoms. The van der Waals surface area contributed by atoms with Crippen LogP contribution in [-0.2, 0) is 9.57 Å². The molecule has 10 nitrogen and oxygen atoms in total. The zero-order chi connectivity index (χ0) is 27.3. The van der Waals surface area contributed by atoms with Crippen LogP contribution < -0.4 is 16.9 Å². The van der Waals surface area contributed by atoms with E-state index in [0.717, 1.165) is 12.0 Å². The first kappa shape index (κ1) is 27.8. The second kappa shape index (κ2) is 12.1. The number of hydrogen-bond acceptors (Lipinski definition) is 7. The molecular weight excluding hydrogens is 498 g/mol. The standard InChI is InChI=1S/C26H34F2N6O4/c1-26(27,28)23(38-30)22(29)17-4-6-18(7-5-17)24(35)32-14-21-16-37-12-11-34(21)25(36)33-10-8-20(15-33)19-3-2-9-31-13-19/h2-7,9,13,20-23H,8,10-12,14-16,29-30H2,1H3,(H,32,35)/t20?,21-,22-,23?/m0/s1. The van der Waals surface area contributed by atoms with Crippen molar-refractivity contribution in [3.63, 3.8) is 0 Å². The molecule has 2 aliphatic rings. The van der Waals surface area contributed by atoms with Crippen LogP contribution >= 0.6 is 0 Å². The van der Waals surface area contributed by atoms with E-state index < -0.39 is 18.1 Å². The summed E-state index contributed by atoms with van der Waals surface area (Å²) in [5, 5.41) is 2.85. The van der Waals surface area contributed by atoms with E-state index in [2.05, 4.69) is 15.1 Å². The van der Waals surface area contributed by atoms with Crippen molar-refractivity contribution in [1.29, 1.82) is 0 Å². The normalized spacial score (nSPS) is 21.7. The van der Waals surface area contributed by atoms with Gasteiger partial charge in [-0.2, -0.15) is 0 Å². The molecule has 0 saturated carbocycles. The fourth-order valence-corrected chi connectivity index (χ4v) is 4.94. The summed E-state index contributed by atoms with van der Waals surface area (Å²) >= 11 is 0. The topological polar surface area (TPSA) is 136 Å². The monoisotopic (exact) mass is 532 g/mol. The molecule has 1 aromatic carbocycles. The molecule has 0 bridgehead atoms. The van der Waals surface area contributed by atoms with E-state index in [4.69, 9.17) is 16.4 Å². The van der Waals surface area contributed by atoms with E-state index in [1.165, 1.54) is 24.3 Å². The summed E-state index contributed by atoms with van der Waals surface area (Å²) in [6.07, 6.45) is 2.73. The van der Waals surface area contributed by atoms with E-state index in [-0.39, 0.29) is 30.4 Å². The lowest BCUT2D eigenvalue weighted by molar-refractivity contribution is -0.137. The summed E-state index contributed by atoms with van der Waals surface area (Å²) in [7, 11) is 0. The number of pyridine rings is 1. The van der Waals surface area contributed by atoms with E-state index >= 15 is 0 Å². The van der Waals surface area contributed by atoms with Crippen LogP contribution in [0.25, 0.3) is 0 Å². The number of amides is 3. The molecule has 2 fully saturated rings. The van der Waals surface area contributed by atoms with Gasteiger partial charge in [0.1, 0.15) is 0 Å². The van der Waals surface area contributed by atoms with Gasteiger partial charge < -0.3 is 25.6 Å². The molecule has 2 aliphatic heterocycles. The third-order valence-electron chi connectivity index (χ3n) is 7.12. The number of carbonyl (C=O) groups is 2. The number of halogens is 2. The summed E-state index contributed by atoms with van der Waals surface area (Å²) < 4.78 is 33.0. The van der Waals surface area contributed by atoms with Gasteiger partial charge in [-0.25, -0.2) is 19.5 Å². The maximum Gasteiger partial charge on any atom is 0.320 e. The number of alkyl halides is 2. The lowest BCUT2D eigenvalue weighted by Crippen LogP contribution is -2.56. The van der Waals surface area contributed by atoms with Gasteiger partial charge in [-0.3, -0.25) is 14.6 Å². The Morgan fingerprint density at radius 2 is 2.03 bits per heavy atom. The first-order valence-electron chi connectivity index (χ1n) is 12.6. The van der Waals surface area contributed by atoms with Crippen molar-refractivity contribution < 1.29 is 27.9 Å². The van der Waals surface area contributed by atoms with Gasteiger partial charge in [-0.1, -0.05) is 18.2 Å². The molecule has 3 heterocycles. The van der Waals surface area contributed by atoms with Crippen LogP contribution in [0.1, 0.15) is 46.8 Å². The highest BCUT2D eigenvalue weighted by molar-refractivity contribution is 5.94. The molecule has 4 atom stereocenters. The molecule has 12 heteroatoms. The number of nitrogens with two attached hydrogens (primary N) is 2. The summed E-state index contributed by atoms with van der Waals surface area (Å²) in [5.74, 6) is 1.66. The summed E-state index contributed by atoms with van der Waals surface area (Å²) in [6.45, 7) is 3.34. The number of likely N-dealkylation sites (tertiary alicyclic amines) is 1. The number of benzene rings is 1. The fourth-order valence-electron chi connectivity index (χ4n) is 4.94. The average Bonchev–Trinajstić information content (AvgIpc) is 3.42. The Labute approximate surface area is 220 Å². The van der Waals surface area contributed by atoms with Gasteiger partial charge in [0, 0.05) is 57.0 Å². The van der Waals surface area contributed by atoms with Gasteiger partial charge >= 0.3 is 6.03 Å². The average molecular weight is 533 g/mol. The molecule has 5 N–H and O–H groups in total. The minimum Gasteiger partial charge on any atom is -0.377 e. The minimum absolute atomic E-state index is 0.0679. The predicted molar refractivity (Wildman–Crippen MR) is 135 cm³/mol. The van der Waals surface area contributed by atoms with E-state index in [1.807, 2.05) is 23.2 Å². The molecule has 2 aromatic rings. The van der Waals surface area contributed by atoms with Crippen molar-refractivity contribution >= 4 is 11.9 Å². The Kier molecular flexibility index (Phi) is 8.87. The molecule has 38 heavy (non-hydrogen) atoms. The van der Waals surface area contributed by atoms with Gasteiger partial charge in [-0.15, -0.1) is 0 Å². The lowest BCUT2D eigenvalue weighted by atomic mass is 9.97. The zero-order valence-electron chi connectivity index (χ0n) is 21.3. The number of morpholine rings is 1. The molecule has 2 unspecified atom stereocenters. The molecule has 0 aliphatic carbocycles. The number of ether oxygens (including phenoxy) is 1. The van der Waals surface area contributed by atoms with Crippen LogP contribution in [0.5, 0.6) is 0 Å². The number of aromatic nitrogens is 1. The highest BCUT2D eigenvalue weighted by Gasteiger charge is 2.40. The third kappa shape index (κ3) is 6.44. The number of hydrogen-bond donors (Lipinski definition) is 3. The van der Waals surface area contributed by atoms with Crippen LogP contribution in [0.4, 0.5) is 13.6 Å². The van der Waals surface area contributed by atoms with Crippen molar-refractivity contribution in [2.75, 3.05) is 39.4 Å². The third-order valence-corrected chi connectivity index (χ3v) is 7.12. The van der Waals surface area contributed by atoms with E-state index in [1.54, 1.807) is 11.1 Å². The van der Waals surface area contributed by atoms with Crippen LogP contribution in [0.3, 0.4) is 0 Å². The van der Waals surface area contributed by atoms with Gasteiger partial charge in [0.25, 0.3) is 11.8 Å². The highest BCUT2D eigenvalue weighted by atomic mass is 19.3. The Bertz CT molecular complexity index is 1090. The maximum absolute atomic E-state index is 13.7. The van der Waals surface area contributed by atoms with E-state index in [9.17, 15) is 18.4 Å². The predicted octanol–water partition coefficient (Wildman–Crippen LogP) is 2.04. The van der Waals surface area contributed by atoms with Crippen molar-refractivity contribution in [3.05, 3.63) is 65.5 Å². The number of nitrogens with one attached hydrogen (secondary N) is 1. The highest BCUT2D eigenvalue weighted by Crippen LogP contribution is 2.29. The molecule has 206 valence electrons. The van der Waals surface area contributed by atoms with Crippen molar-refractivity contribution in [2.24, 2.45) is 11.6 Å². The smallest absolute Gasteiger partial charge is 0.320 e. The summed E-state index contributed by atoms with van der Waals surface area (Å²) in [5.41, 5.74) is 7.71.